The average Bonchev–Trinajstić information content (AvgIpc) is 2.39. The third kappa shape index (κ3) is 11.4. The first-order chi connectivity index (χ1) is 9.63. The standard InChI is InChI=1S/C12H26N4O2S2/c1-3-19-11(17)14-6-9-16(8-5-13)10-7-15-12(18)20-4-2/h3-10,13H2,1-2H3,(H,14,17)(H,15,18). The number of thioether (sulfide) groups is 2. The first-order valence-corrected chi connectivity index (χ1v) is 8.84. The van der Waals surface area contributed by atoms with Crippen LogP contribution in [0.3, 0.4) is 0 Å². The molecular formula is C12H26N4O2S2. The summed E-state index contributed by atoms with van der Waals surface area (Å²) in [6.07, 6.45) is 0. The molecule has 0 saturated carbocycles. The Hall–Kier alpha value is -0.440. The quantitative estimate of drug-likeness (QED) is 0.560. The third-order valence-corrected chi connectivity index (χ3v) is 3.78. The van der Waals surface area contributed by atoms with E-state index in [1.807, 2.05) is 13.8 Å². The zero-order chi connectivity index (χ0) is 15.2. The van der Waals surface area contributed by atoms with E-state index in [-0.39, 0.29) is 10.5 Å². The van der Waals surface area contributed by atoms with Crippen molar-refractivity contribution in [1.29, 1.82) is 0 Å². The van der Waals surface area contributed by atoms with E-state index in [2.05, 4.69) is 15.5 Å². The Kier molecular flexibility index (Phi) is 13.2. The first-order valence-electron chi connectivity index (χ1n) is 6.87. The second-order valence-corrected chi connectivity index (χ2v) is 6.40. The van der Waals surface area contributed by atoms with Crippen molar-refractivity contribution < 1.29 is 9.59 Å². The fraction of sp³-hybridized carbons (Fsp3) is 0.833. The Bertz CT molecular complexity index is 256. The molecule has 0 aromatic carbocycles. The number of nitrogens with zero attached hydrogens (tertiary/aromatic N) is 1. The molecule has 4 N–H and O–H groups in total. The fourth-order valence-corrected chi connectivity index (χ4v) is 2.45. The first kappa shape index (κ1) is 19.6. The number of rotatable bonds is 10. The molecule has 2 amide bonds. The normalized spacial score (nSPS) is 10.6. The Morgan fingerprint density at radius 2 is 1.40 bits per heavy atom. The molecule has 0 rings (SSSR count). The monoisotopic (exact) mass is 322 g/mol. The van der Waals surface area contributed by atoms with Crippen LogP contribution in [0.25, 0.3) is 0 Å². The van der Waals surface area contributed by atoms with Crippen LogP contribution in [0.5, 0.6) is 0 Å². The minimum absolute atomic E-state index is 0.00727. The van der Waals surface area contributed by atoms with Gasteiger partial charge in [-0.1, -0.05) is 37.4 Å². The van der Waals surface area contributed by atoms with E-state index in [4.69, 9.17) is 5.73 Å². The van der Waals surface area contributed by atoms with Gasteiger partial charge in [-0.25, -0.2) is 0 Å². The Labute approximate surface area is 130 Å². The van der Waals surface area contributed by atoms with Crippen molar-refractivity contribution in [2.75, 3.05) is 50.8 Å². The molecule has 0 radical (unpaired) electrons. The van der Waals surface area contributed by atoms with Crippen LogP contribution in [-0.4, -0.2) is 66.2 Å². The van der Waals surface area contributed by atoms with Gasteiger partial charge in [0.05, 0.1) is 0 Å². The number of hydrogen-bond donors (Lipinski definition) is 3. The molecule has 0 aliphatic carbocycles. The lowest BCUT2D eigenvalue weighted by Gasteiger charge is -2.21. The van der Waals surface area contributed by atoms with Crippen LogP contribution in [0.15, 0.2) is 0 Å². The number of nitrogens with one attached hydrogen (secondary N) is 2. The number of carbonyl (C=O) groups is 2. The minimum atomic E-state index is 0.00727. The number of nitrogens with two attached hydrogens (primary N) is 1. The van der Waals surface area contributed by atoms with Crippen LogP contribution in [0, 0.1) is 0 Å². The molecule has 0 fully saturated rings. The number of carbonyl (C=O) groups excluding carboxylic acids is 2. The van der Waals surface area contributed by atoms with Crippen molar-refractivity contribution in [1.82, 2.24) is 15.5 Å². The van der Waals surface area contributed by atoms with E-state index in [1.54, 1.807) is 0 Å². The van der Waals surface area contributed by atoms with Crippen molar-refractivity contribution >= 4 is 34.0 Å². The van der Waals surface area contributed by atoms with Gasteiger partial charge in [0.25, 0.3) is 10.5 Å². The fourth-order valence-electron chi connectivity index (χ4n) is 1.51. The van der Waals surface area contributed by atoms with Crippen LogP contribution in [0.4, 0.5) is 9.59 Å². The molecule has 0 aromatic rings. The maximum atomic E-state index is 11.3. The highest BCUT2D eigenvalue weighted by atomic mass is 32.2. The van der Waals surface area contributed by atoms with E-state index in [0.717, 1.165) is 31.1 Å². The van der Waals surface area contributed by atoms with Crippen LogP contribution in [0.2, 0.25) is 0 Å². The molecule has 6 nitrogen and oxygen atoms in total. The van der Waals surface area contributed by atoms with E-state index in [0.29, 0.717) is 19.6 Å². The second kappa shape index (κ2) is 13.5. The van der Waals surface area contributed by atoms with Gasteiger partial charge in [0.15, 0.2) is 0 Å². The third-order valence-electron chi connectivity index (χ3n) is 2.39. The van der Waals surface area contributed by atoms with E-state index < -0.39 is 0 Å². The molecule has 118 valence electrons. The van der Waals surface area contributed by atoms with Crippen molar-refractivity contribution in [2.45, 2.75) is 13.8 Å². The molecule has 0 aromatic heterocycles. The van der Waals surface area contributed by atoms with Crippen molar-refractivity contribution in [3.05, 3.63) is 0 Å². The lowest BCUT2D eigenvalue weighted by Crippen LogP contribution is -2.40. The zero-order valence-electron chi connectivity index (χ0n) is 12.3. The summed E-state index contributed by atoms with van der Waals surface area (Å²) in [5, 5.41) is 5.70. The smallest absolute Gasteiger partial charge is 0.279 e. The summed E-state index contributed by atoms with van der Waals surface area (Å²) < 4.78 is 0. The molecule has 0 unspecified atom stereocenters. The van der Waals surface area contributed by atoms with Gasteiger partial charge >= 0.3 is 0 Å². The van der Waals surface area contributed by atoms with Gasteiger partial charge in [-0.3, -0.25) is 14.5 Å². The van der Waals surface area contributed by atoms with Crippen LogP contribution < -0.4 is 16.4 Å². The maximum absolute atomic E-state index is 11.3. The van der Waals surface area contributed by atoms with Crippen LogP contribution in [0.1, 0.15) is 13.8 Å². The molecule has 0 saturated heterocycles. The van der Waals surface area contributed by atoms with Gasteiger partial charge in [-0.05, 0) is 11.5 Å². The minimum Gasteiger partial charge on any atom is -0.346 e. The topological polar surface area (TPSA) is 87.5 Å². The predicted molar refractivity (Wildman–Crippen MR) is 88.6 cm³/mol. The molecule has 0 heterocycles. The summed E-state index contributed by atoms with van der Waals surface area (Å²) in [7, 11) is 0. The van der Waals surface area contributed by atoms with E-state index in [9.17, 15) is 9.59 Å². The Morgan fingerprint density at radius 1 is 0.950 bits per heavy atom. The molecular weight excluding hydrogens is 296 g/mol. The van der Waals surface area contributed by atoms with Crippen molar-refractivity contribution in [3.63, 3.8) is 0 Å². The maximum Gasteiger partial charge on any atom is 0.279 e. The molecule has 0 atom stereocenters. The summed E-state index contributed by atoms with van der Waals surface area (Å²) in [6, 6.07) is 0. The van der Waals surface area contributed by atoms with Gasteiger partial charge < -0.3 is 16.4 Å². The van der Waals surface area contributed by atoms with Crippen LogP contribution >= 0.6 is 23.5 Å². The SMILES string of the molecule is CCSC(=O)NCCN(CCN)CCNC(=O)SCC. The van der Waals surface area contributed by atoms with Crippen molar-refractivity contribution in [3.8, 4) is 0 Å². The Morgan fingerprint density at radius 3 is 1.75 bits per heavy atom. The predicted octanol–water partition coefficient (Wildman–Crippen LogP) is 1.17. The Balaban J connectivity index is 3.80. The summed E-state index contributed by atoms with van der Waals surface area (Å²) in [5.41, 5.74) is 5.56. The molecule has 0 spiro atoms. The van der Waals surface area contributed by atoms with Gasteiger partial charge in [0.1, 0.15) is 0 Å². The second-order valence-electron chi connectivity index (χ2n) is 3.92. The molecule has 0 aliphatic rings. The summed E-state index contributed by atoms with van der Waals surface area (Å²) in [5.74, 6) is 1.55. The highest BCUT2D eigenvalue weighted by Gasteiger charge is 2.06. The highest BCUT2D eigenvalue weighted by molar-refractivity contribution is 8.13. The number of hydrogen-bond acceptors (Lipinski definition) is 6. The summed E-state index contributed by atoms with van der Waals surface area (Å²) in [6.45, 7) is 7.90. The van der Waals surface area contributed by atoms with Gasteiger partial charge in [0, 0.05) is 39.3 Å². The molecule has 0 aliphatic heterocycles. The van der Waals surface area contributed by atoms with Crippen LogP contribution in [-0.2, 0) is 0 Å². The van der Waals surface area contributed by atoms with Crippen molar-refractivity contribution in [2.24, 2.45) is 5.73 Å². The lowest BCUT2D eigenvalue weighted by atomic mass is 10.4. The summed E-state index contributed by atoms with van der Waals surface area (Å²) in [4.78, 5) is 24.7. The lowest BCUT2D eigenvalue weighted by molar-refractivity contribution is 0.249. The molecule has 20 heavy (non-hydrogen) atoms. The van der Waals surface area contributed by atoms with E-state index >= 15 is 0 Å². The van der Waals surface area contributed by atoms with Gasteiger partial charge in [-0.15, -0.1) is 0 Å². The largest absolute Gasteiger partial charge is 0.346 e. The zero-order valence-corrected chi connectivity index (χ0v) is 13.9. The van der Waals surface area contributed by atoms with E-state index in [1.165, 1.54) is 23.5 Å². The summed E-state index contributed by atoms with van der Waals surface area (Å²) >= 11 is 2.54. The molecule has 8 heteroatoms. The average molecular weight is 323 g/mol. The molecule has 0 bridgehead atoms. The number of amides is 2. The van der Waals surface area contributed by atoms with Gasteiger partial charge in [-0.2, -0.15) is 0 Å². The highest BCUT2D eigenvalue weighted by Crippen LogP contribution is 1.99. The van der Waals surface area contributed by atoms with Gasteiger partial charge in [0.2, 0.25) is 0 Å².